The second-order valence-corrected chi connectivity index (χ2v) is 12.6. The number of Topliss-reactive ketones (excluding diaryl/α,β-unsaturated/α-hetero) is 1. The van der Waals surface area contributed by atoms with Crippen LogP contribution in [0.15, 0.2) is 76.6 Å². The van der Waals surface area contributed by atoms with Crippen molar-refractivity contribution in [1.29, 1.82) is 0 Å². The van der Waals surface area contributed by atoms with E-state index in [2.05, 4.69) is 17.1 Å². The van der Waals surface area contributed by atoms with Crippen molar-refractivity contribution in [2.24, 2.45) is 0 Å². The van der Waals surface area contributed by atoms with Crippen LogP contribution in [-0.2, 0) is 15.3 Å². The Labute approximate surface area is 275 Å². The van der Waals surface area contributed by atoms with Crippen LogP contribution in [0.3, 0.4) is 0 Å². The van der Waals surface area contributed by atoms with Crippen LogP contribution in [0.1, 0.15) is 55.8 Å². The maximum absolute atomic E-state index is 13.7. The fraction of sp³-hybridized carbons (Fsp3) is 0.294. The Bertz CT molecular complexity index is 1710. The van der Waals surface area contributed by atoms with Crippen LogP contribution in [0.5, 0.6) is 17.2 Å². The Balaban J connectivity index is 1.53. The summed E-state index contributed by atoms with van der Waals surface area (Å²) in [6.07, 6.45) is 2.67. The van der Waals surface area contributed by atoms with Crippen molar-refractivity contribution in [2.75, 3.05) is 25.2 Å². The molecule has 9 nitrogen and oxygen atoms in total. The van der Waals surface area contributed by atoms with Crippen LogP contribution in [0.4, 0.5) is 9.52 Å². The van der Waals surface area contributed by atoms with Gasteiger partial charge in [-0.3, -0.25) is 14.5 Å². The highest BCUT2D eigenvalue weighted by Crippen LogP contribution is 2.45. The SMILES string of the molecule is CCCCOc1ccc(C2/C(=C(/O)c3ccc(OCCC)cc3)C(=O)C(=O)N2c2nnc(SCc3ccc(F)cc3)s2)cc1OC. The number of methoxy groups -OCH3 is 1. The van der Waals surface area contributed by atoms with Gasteiger partial charge in [-0.1, -0.05) is 61.6 Å². The topological polar surface area (TPSA) is 111 Å². The number of carbonyl (C=O) groups is 2. The number of aliphatic hydroxyl groups excluding tert-OH is 1. The maximum Gasteiger partial charge on any atom is 0.301 e. The number of amides is 1. The van der Waals surface area contributed by atoms with Crippen LogP contribution in [-0.4, -0.2) is 47.3 Å². The van der Waals surface area contributed by atoms with Crippen LogP contribution < -0.4 is 19.1 Å². The molecule has 12 heteroatoms. The monoisotopic (exact) mass is 663 g/mol. The molecule has 0 radical (unpaired) electrons. The molecule has 1 amide bonds. The van der Waals surface area contributed by atoms with Gasteiger partial charge in [0, 0.05) is 11.3 Å². The van der Waals surface area contributed by atoms with Gasteiger partial charge in [-0.15, -0.1) is 10.2 Å². The van der Waals surface area contributed by atoms with Crippen molar-refractivity contribution in [3.63, 3.8) is 0 Å². The van der Waals surface area contributed by atoms with Crippen molar-refractivity contribution in [1.82, 2.24) is 10.2 Å². The Kier molecular flexibility index (Phi) is 10.9. The molecule has 240 valence electrons. The number of unbranched alkanes of at least 4 members (excludes halogenated alkanes) is 1. The lowest BCUT2D eigenvalue weighted by Gasteiger charge is -2.23. The van der Waals surface area contributed by atoms with E-state index in [1.165, 1.54) is 35.9 Å². The Morgan fingerprint density at radius 3 is 2.41 bits per heavy atom. The number of aliphatic hydroxyl groups is 1. The number of carbonyl (C=O) groups excluding carboxylic acids is 2. The predicted octanol–water partition coefficient (Wildman–Crippen LogP) is 7.57. The molecule has 1 unspecified atom stereocenters. The van der Waals surface area contributed by atoms with E-state index in [4.69, 9.17) is 14.2 Å². The Hall–Kier alpha value is -4.42. The predicted molar refractivity (Wildman–Crippen MR) is 176 cm³/mol. The van der Waals surface area contributed by atoms with E-state index in [0.29, 0.717) is 51.7 Å². The first kappa shape index (κ1) is 33.0. The standard InChI is InChI=1S/C34H34FN3O6S2/c1-4-6-18-44-26-16-11-23(19-27(26)42-3)29-28(30(39)22-9-14-25(15-10-22)43-17-5-2)31(40)32(41)38(29)33-36-37-34(46-33)45-20-21-7-12-24(35)13-8-21/h7-16,19,29,39H,4-6,17-18,20H2,1-3H3/b30-28-. The Morgan fingerprint density at radius 2 is 1.72 bits per heavy atom. The van der Waals surface area contributed by atoms with Gasteiger partial charge in [-0.2, -0.15) is 0 Å². The van der Waals surface area contributed by atoms with Gasteiger partial charge in [0.15, 0.2) is 15.8 Å². The molecular weight excluding hydrogens is 630 g/mol. The zero-order valence-electron chi connectivity index (χ0n) is 25.7. The quantitative estimate of drug-likeness (QED) is 0.0365. The molecular formula is C34H34FN3O6S2. The molecule has 1 aromatic heterocycles. The average Bonchev–Trinajstić information content (AvgIpc) is 3.65. The number of ketones is 1. The number of benzene rings is 3. The molecule has 1 aliphatic heterocycles. The van der Waals surface area contributed by atoms with E-state index < -0.39 is 17.7 Å². The minimum atomic E-state index is -1.03. The first-order valence-electron chi connectivity index (χ1n) is 14.9. The van der Waals surface area contributed by atoms with Gasteiger partial charge in [-0.05, 0) is 72.5 Å². The molecule has 1 fully saturated rings. The minimum Gasteiger partial charge on any atom is -0.507 e. The highest BCUT2D eigenvalue weighted by Gasteiger charge is 2.48. The zero-order chi connectivity index (χ0) is 32.6. The van der Waals surface area contributed by atoms with Crippen molar-refractivity contribution in [3.8, 4) is 17.2 Å². The summed E-state index contributed by atoms with van der Waals surface area (Å²) >= 11 is 2.52. The number of ether oxygens (including phenoxy) is 3. The third kappa shape index (κ3) is 7.34. The van der Waals surface area contributed by atoms with Gasteiger partial charge >= 0.3 is 5.91 Å². The van der Waals surface area contributed by atoms with Crippen LogP contribution in [0.25, 0.3) is 5.76 Å². The highest BCUT2D eigenvalue weighted by atomic mass is 32.2. The zero-order valence-corrected chi connectivity index (χ0v) is 27.3. The third-order valence-electron chi connectivity index (χ3n) is 7.18. The first-order valence-corrected chi connectivity index (χ1v) is 16.7. The Morgan fingerprint density at radius 1 is 0.957 bits per heavy atom. The summed E-state index contributed by atoms with van der Waals surface area (Å²) in [7, 11) is 1.51. The lowest BCUT2D eigenvalue weighted by Crippen LogP contribution is -2.29. The van der Waals surface area contributed by atoms with Crippen LogP contribution >= 0.6 is 23.1 Å². The summed E-state index contributed by atoms with van der Waals surface area (Å²) in [5, 5.41) is 20.3. The number of anilines is 1. The summed E-state index contributed by atoms with van der Waals surface area (Å²) in [4.78, 5) is 28.6. The first-order chi connectivity index (χ1) is 22.3. The van der Waals surface area contributed by atoms with E-state index in [1.54, 1.807) is 54.6 Å². The molecule has 1 atom stereocenters. The van der Waals surface area contributed by atoms with Gasteiger partial charge in [0.2, 0.25) is 5.13 Å². The highest BCUT2D eigenvalue weighted by molar-refractivity contribution is 8.00. The van der Waals surface area contributed by atoms with E-state index in [-0.39, 0.29) is 22.3 Å². The second kappa shape index (κ2) is 15.2. The summed E-state index contributed by atoms with van der Waals surface area (Å²) in [6.45, 7) is 5.12. The van der Waals surface area contributed by atoms with Crippen LogP contribution in [0, 0.1) is 5.82 Å². The molecule has 1 aliphatic rings. The summed E-state index contributed by atoms with van der Waals surface area (Å²) in [6, 6.07) is 17.0. The van der Waals surface area contributed by atoms with Gasteiger partial charge in [-0.25, -0.2) is 4.39 Å². The molecule has 0 spiro atoms. The number of rotatable bonds is 14. The average molecular weight is 664 g/mol. The largest absolute Gasteiger partial charge is 0.507 e. The number of aromatic nitrogens is 2. The lowest BCUT2D eigenvalue weighted by molar-refractivity contribution is -0.132. The van der Waals surface area contributed by atoms with E-state index in [1.807, 2.05) is 6.92 Å². The number of hydrogen-bond acceptors (Lipinski definition) is 10. The van der Waals surface area contributed by atoms with Crippen molar-refractivity contribution in [3.05, 3.63) is 94.8 Å². The molecule has 0 saturated carbocycles. The van der Waals surface area contributed by atoms with Gasteiger partial charge in [0.1, 0.15) is 17.3 Å². The van der Waals surface area contributed by atoms with Gasteiger partial charge in [0.25, 0.3) is 5.78 Å². The second-order valence-electron chi connectivity index (χ2n) is 10.4. The molecule has 1 saturated heterocycles. The van der Waals surface area contributed by atoms with E-state index >= 15 is 0 Å². The fourth-order valence-corrected chi connectivity index (χ4v) is 6.64. The van der Waals surface area contributed by atoms with Gasteiger partial charge < -0.3 is 19.3 Å². The van der Waals surface area contributed by atoms with Crippen molar-refractivity contribution < 1.29 is 33.3 Å². The molecule has 3 aromatic carbocycles. The summed E-state index contributed by atoms with van der Waals surface area (Å²) in [5.74, 6) is -0.274. The normalized spacial score (nSPS) is 15.7. The van der Waals surface area contributed by atoms with Gasteiger partial charge in [0.05, 0.1) is 31.9 Å². The number of nitrogens with zero attached hydrogens (tertiary/aromatic N) is 3. The molecule has 0 bridgehead atoms. The molecule has 46 heavy (non-hydrogen) atoms. The lowest BCUT2D eigenvalue weighted by atomic mass is 9.95. The smallest absolute Gasteiger partial charge is 0.301 e. The number of halogens is 1. The van der Waals surface area contributed by atoms with E-state index in [0.717, 1.165) is 36.2 Å². The van der Waals surface area contributed by atoms with Crippen LogP contribution in [0.2, 0.25) is 0 Å². The molecule has 0 aliphatic carbocycles. The summed E-state index contributed by atoms with van der Waals surface area (Å²) < 4.78 is 31.1. The summed E-state index contributed by atoms with van der Waals surface area (Å²) in [5.41, 5.74) is 1.66. The van der Waals surface area contributed by atoms with E-state index in [9.17, 15) is 19.1 Å². The van der Waals surface area contributed by atoms with Crippen molar-refractivity contribution in [2.45, 2.75) is 49.2 Å². The molecule has 2 heterocycles. The molecule has 1 N–H and O–H groups in total. The maximum atomic E-state index is 13.7. The molecule has 4 aromatic rings. The molecule has 5 rings (SSSR count). The fourth-order valence-electron chi connectivity index (χ4n) is 4.81. The number of thioether (sulfide) groups is 1. The number of hydrogen-bond donors (Lipinski definition) is 1. The van der Waals surface area contributed by atoms with Crippen molar-refractivity contribution >= 4 is 45.7 Å². The third-order valence-corrected chi connectivity index (χ3v) is 9.31. The minimum absolute atomic E-state index is 0.0929.